The molecule has 0 spiro atoms. The van der Waals surface area contributed by atoms with Crippen molar-refractivity contribution >= 4 is 24.1 Å². The molecule has 0 atom stereocenters. The van der Waals surface area contributed by atoms with Gasteiger partial charge in [-0.15, -0.1) is 12.4 Å². The van der Waals surface area contributed by atoms with Gasteiger partial charge in [-0.1, -0.05) is 0 Å². The maximum Gasteiger partial charge on any atom is 0.338 e. The first kappa shape index (κ1) is 11.8. The van der Waals surface area contributed by atoms with Gasteiger partial charge >= 0.3 is 5.97 Å². The molecule has 0 amide bonds. The molecule has 13 heavy (non-hydrogen) atoms. The number of hydrogen-bond donors (Lipinski definition) is 1. The standard InChI is InChI=1S/C9H11NO2.ClH/c1-6-5-7(10)3-4-8(6)9(11)12-2;/h3-5H,10H2,1-2H3;1H. The van der Waals surface area contributed by atoms with Crippen LogP contribution in [0.3, 0.4) is 0 Å². The Kier molecular flexibility index (Phi) is 4.28. The van der Waals surface area contributed by atoms with Crippen LogP contribution in [0.2, 0.25) is 0 Å². The van der Waals surface area contributed by atoms with Crippen molar-refractivity contribution in [3.8, 4) is 0 Å². The van der Waals surface area contributed by atoms with E-state index in [2.05, 4.69) is 4.74 Å². The van der Waals surface area contributed by atoms with Gasteiger partial charge in [-0.2, -0.15) is 0 Å². The Morgan fingerprint density at radius 2 is 2.08 bits per heavy atom. The van der Waals surface area contributed by atoms with Crippen molar-refractivity contribution in [2.45, 2.75) is 6.92 Å². The normalized spacial score (nSPS) is 8.77. The SMILES string of the molecule is COC(=O)c1ccc(N)cc1C.Cl. The smallest absolute Gasteiger partial charge is 0.338 e. The van der Waals surface area contributed by atoms with Crippen LogP contribution in [-0.2, 0) is 4.74 Å². The highest BCUT2D eigenvalue weighted by Crippen LogP contribution is 2.12. The number of nitrogen functional groups attached to an aromatic ring is 1. The Morgan fingerprint density at radius 3 is 2.54 bits per heavy atom. The molecule has 0 bridgehead atoms. The van der Waals surface area contributed by atoms with E-state index in [1.165, 1.54) is 7.11 Å². The van der Waals surface area contributed by atoms with Gasteiger partial charge in [0.05, 0.1) is 12.7 Å². The molecule has 0 unspecified atom stereocenters. The van der Waals surface area contributed by atoms with Gasteiger partial charge in [-0.3, -0.25) is 0 Å². The van der Waals surface area contributed by atoms with Gasteiger partial charge in [0.1, 0.15) is 0 Å². The molecule has 1 rings (SSSR count). The second-order valence-corrected chi connectivity index (χ2v) is 2.57. The minimum Gasteiger partial charge on any atom is -0.465 e. The molecule has 0 aliphatic carbocycles. The first-order chi connectivity index (χ1) is 5.65. The summed E-state index contributed by atoms with van der Waals surface area (Å²) >= 11 is 0. The summed E-state index contributed by atoms with van der Waals surface area (Å²) in [6, 6.07) is 5.09. The summed E-state index contributed by atoms with van der Waals surface area (Å²) in [5, 5.41) is 0. The Labute approximate surface area is 83.3 Å². The van der Waals surface area contributed by atoms with Gasteiger partial charge in [-0.25, -0.2) is 4.79 Å². The maximum absolute atomic E-state index is 11.1. The lowest BCUT2D eigenvalue weighted by molar-refractivity contribution is 0.0600. The fraction of sp³-hybridized carbons (Fsp3) is 0.222. The molecule has 72 valence electrons. The minimum absolute atomic E-state index is 0. The largest absolute Gasteiger partial charge is 0.465 e. The molecule has 3 nitrogen and oxygen atoms in total. The lowest BCUT2D eigenvalue weighted by Gasteiger charge is -2.03. The molecule has 0 aliphatic heterocycles. The average Bonchev–Trinajstić information content (AvgIpc) is 2.03. The third-order valence-corrected chi connectivity index (χ3v) is 1.66. The number of hydrogen-bond acceptors (Lipinski definition) is 3. The number of carbonyl (C=O) groups excluding carboxylic acids is 1. The van der Waals surface area contributed by atoms with Crippen molar-refractivity contribution in [1.29, 1.82) is 0 Å². The molecule has 1 aromatic rings. The number of nitrogens with two attached hydrogens (primary N) is 1. The molecule has 0 saturated heterocycles. The fourth-order valence-corrected chi connectivity index (χ4v) is 1.03. The van der Waals surface area contributed by atoms with Crippen LogP contribution >= 0.6 is 12.4 Å². The summed E-state index contributed by atoms with van der Waals surface area (Å²) in [4.78, 5) is 11.1. The van der Waals surface area contributed by atoms with E-state index in [0.29, 0.717) is 11.3 Å². The van der Waals surface area contributed by atoms with Crippen molar-refractivity contribution in [1.82, 2.24) is 0 Å². The zero-order valence-electron chi connectivity index (χ0n) is 7.53. The van der Waals surface area contributed by atoms with E-state index in [4.69, 9.17) is 5.73 Å². The van der Waals surface area contributed by atoms with Crippen LogP contribution < -0.4 is 5.73 Å². The highest BCUT2D eigenvalue weighted by atomic mass is 35.5. The first-order valence-corrected chi connectivity index (χ1v) is 3.59. The topological polar surface area (TPSA) is 52.3 Å². The summed E-state index contributed by atoms with van der Waals surface area (Å²) < 4.78 is 4.58. The Hall–Kier alpha value is -1.22. The zero-order valence-corrected chi connectivity index (χ0v) is 8.35. The van der Waals surface area contributed by atoms with E-state index >= 15 is 0 Å². The molecule has 0 radical (unpaired) electrons. The number of ether oxygens (including phenoxy) is 1. The zero-order chi connectivity index (χ0) is 9.14. The van der Waals surface area contributed by atoms with Crippen molar-refractivity contribution in [3.05, 3.63) is 29.3 Å². The molecule has 4 heteroatoms. The fourth-order valence-electron chi connectivity index (χ4n) is 1.03. The number of methoxy groups -OCH3 is 1. The Morgan fingerprint density at radius 1 is 1.46 bits per heavy atom. The van der Waals surface area contributed by atoms with Gasteiger partial charge in [0.25, 0.3) is 0 Å². The molecule has 0 heterocycles. The summed E-state index contributed by atoms with van der Waals surface area (Å²) in [5.41, 5.74) is 7.57. The molecule has 1 aromatic carbocycles. The summed E-state index contributed by atoms with van der Waals surface area (Å²) in [6.07, 6.45) is 0. The van der Waals surface area contributed by atoms with E-state index < -0.39 is 0 Å². The molecule has 0 fully saturated rings. The van der Waals surface area contributed by atoms with Crippen molar-refractivity contribution < 1.29 is 9.53 Å². The lowest BCUT2D eigenvalue weighted by atomic mass is 10.1. The van der Waals surface area contributed by atoms with Crippen LogP contribution in [-0.4, -0.2) is 13.1 Å². The highest BCUT2D eigenvalue weighted by molar-refractivity contribution is 5.91. The molecule has 0 aromatic heterocycles. The van der Waals surface area contributed by atoms with Crippen molar-refractivity contribution in [3.63, 3.8) is 0 Å². The van der Waals surface area contributed by atoms with Crippen molar-refractivity contribution in [2.24, 2.45) is 0 Å². The van der Waals surface area contributed by atoms with E-state index in [-0.39, 0.29) is 18.4 Å². The predicted molar refractivity (Wildman–Crippen MR) is 54.2 cm³/mol. The summed E-state index contributed by atoms with van der Waals surface area (Å²) in [5.74, 6) is -0.326. The number of anilines is 1. The third-order valence-electron chi connectivity index (χ3n) is 1.66. The second-order valence-electron chi connectivity index (χ2n) is 2.57. The molecule has 2 N–H and O–H groups in total. The lowest BCUT2D eigenvalue weighted by Crippen LogP contribution is -2.03. The van der Waals surface area contributed by atoms with Crippen molar-refractivity contribution in [2.75, 3.05) is 12.8 Å². The minimum atomic E-state index is -0.326. The Bertz CT molecular complexity index is 312. The second kappa shape index (κ2) is 4.72. The number of esters is 1. The molecular weight excluding hydrogens is 190 g/mol. The summed E-state index contributed by atoms with van der Waals surface area (Å²) in [6.45, 7) is 1.82. The first-order valence-electron chi connectivity index (χ1n) is 3.59. The summed E-state index contributed by atoms with van der Waals surface area (Å²) in [7, 11) is 1.36. The van der Waals surface area contributed by atoms with Crippen LogP contribution in [0.15, 0.2) is 18.2 Å². The quantitative estimate of drug-likeness (QED) is 0.557. The van der Waals surface area contributed by atoms with E-state index in [1.54, 1.807) is 18.2 Å². The molecule has 0 aliphatic rings. The number of aryl methyl sites for hydroxylation is 1. The van der Waals surface area contributed by atoms with Gasteiger partial charge in [0.2, 0.25) is 0 Å². The van der Waals surface area contributed by atoms with Gasteiger partial charge in [0, 0.05) is 5.69 Å². The third kappa shape index (κ3) is 2.63. The number of benzene rings is 1. The predicted octanol–water partition coefficient (Wildman–Crippen LogP) is 1.79. The van der Waals surface area contributed by atoms with Gasteiger partial charge in [0.15, 0.2) is 0 Å². The number of carbonyl (C=O) groups is 1. The van der Waals surface area contributed by atoms with Crippen LogP contribution in [0.25, 0.3) is 0 Å². The molecular formula is C9H12ClNO2. The monoisotopic (exact) mass is 201 g/mol. The maximum atomic E-state index is 11.1. The van der Waals surface area contributed by atoms with Crippen LogP contribution in [0.1, 0.15) is 15.9 Å². The van der Waals surface area contributed by atoms with Crippen LogP contribution in [0.4, 0.5) is 5.69 Å². The number of rotatable bonds is 1. The number of halogens is 1. The highest BCUT2D eigenvalue weighted by Gasteiger charge is 2.07. The van der Waals surface area contributed by atoms with Gasteiger partial charge in [-0.05, 0) is 30.7 Å². The Balaban J connectivity index is 0.00000144. The average molecular weight is 202 g/mol. The van der Waals surface area contributed by atoms with E-state index in [0.717, 1.165) is 5.56 Å². The molecule has 0 saturated carbocycles. The van der Waals surface area contributed by atoms with Crippen LogP contribution in [0.5, 0.6) is 0 Å². The van der Waals surface area contributed by atoms with Gasteiger partial charge < -0.3 is 10.5 Å². The van der Waals surface area contributed by atoms with E-state index in [1.807, 2.05) is 6.92 Å². The van der Waals surface area contributed by atoms with Crippen LogP contribution in [0, 0.1) is 6.92 Å². The van der Waals surface area contributed by atoms with E-state index in [9.17, 15) is 4.79 Å².